The average Bonchev–Trinajstić information content (AvgIpc) is 3.55. The van der Waals surface area contributed by atoms with Gasteiger partial charge in [-0.1, -0.05) is 0 Å². The van der Waals surface area contributed by atoms with Crippen LogP contribution in [0.2, 0.25) is 0 Å². The normalized spacial score (nSPS) is 19.9. The van der Waals surface area contributed by atoms with E-state index in [1.807, 2.05) is 0 Å². The molecule has 0 bridgehead atoms. The van der Waals surface area contributed by atoms with Crippen LogP contribution in [0.25, 0.3) is 10.9 Å². The number of ether oxygens (including phenoxy) is 1. The summed E-state index contributed by atoms with van der Waals surface area (Å²) in [6, 6.07) is 3.83. The predicted molar refractivity (Wildman–Crippen MR) is 99.1 cm³/mol. The number of pyridine rings is 1. The number of amides is 1. The Morgan fingerprint density at radius 1 is 1.31 bits per heavy atom. The molecule has 2 aromatic rings. The number of carbonyl (C=O) groups excluding carboxylic acids is 2. The molecule has 6 nitrogen and oxygen atoms in total. The van der Waals surface area contributed by atoms with Gasteiger partial charge in [0, 0.05) is 30.1 Å². The number of halogens is 3. The van der Waals surface area contributed by atoms with E-state index in [4.69, 9.17) is 4.74 Å². The van der Waals surface area contributed by atoms with E-state index in [0.717, 1.165) is 18.9 Å². The zero-order chi connectivity index (χ0) is 20.6. The Hall–Kier alpha value is -2.52. The molecule has 1 amide bonds. The van der Waals surface area contributed by atoms with Crippen molar-refractivity contribution in [2.75, 3.05) is 26.3 Å². The van der Waals surface area contributed by atoms with Crippen molar-refractivity contribution >= 4 is 23.1 Å². The molecule has 2 N–H and O–H groups in total. The smallest absolute Gasteiger partial charge is 0.378 e. The van der Waals surface area contributed by atoms with Gasteiger partial charge in [-0.2, -0.15) is 13.2 Å². The maximum Gasteiger partial charge on any atom is 0.418 e. The molecule has 4 rings (SSSR count). The number of aldehydes is 1. The number of aromatic nitrogens is 1. The highest BCUT2D eigenvalue weighted by Gasteiger charge is 2.36. The quantitative estimate of drug-likeness (QED) is 0.745. The molecule has 1 unspecified atom stereocenters. The molecule has 1 aromatic carbocycles. The predicted octanol–water partition coefficient (Wildman–Crippen LogP) is 2.66. The van der Waals surface area contributed by atoms with Crippen LogP contribution >= 0.6 is 0 Å². The van der Waals surface area contributed by atoms with Crippen LogP contribution in [0.3, 0.4) is 0 Å². The summed E-state index contributed by atoms with van der Waals surface area (Å²) in [7, 11) is 0. The number of nitrogens with one attached hydrogen (secondary N) is 2. The number of morpholine rings is 1. The standard InChI is InChI=1S/C20H20F3N3O3/c21-20(22,23)16-6-12(11-1-2-11)5-15-13(9-27)7-17(26-18(15)16)19(28)25-8-14-10-29-4-3-24-14/h5-7,9,11,14,24H,1-4,8,10H2,(H,25,28). The van der Waals surface area contributed by atoms with Gasteiger partial charge in [0.05, 0.1) is 24.3 Å². The van der Waals surface area contributed by atoms with Crippen molar-refractivity contribution in [3.8, 4) is 0 Å². The highest BCUT2D eigenvalue weighted by atomic mass is 19.4. The molecule has 0 spiro atoms. The number of fused-ring (bicyclic) bond motifs is 1. The largest absolute Gasteiger partial charge is 0.418 e. The third kappa shape index (κ3) is 4.25. The minimum atomic E-state index is -4.64. The molecule has 9 heteroatoms. The Kier molecular flexibility index (Phi) is 5.26. The summed E-state index contributed by atoms with van der Waals surface area (Å²) in [5, 5.41) is 5.93. The Labute approximate surface area is 164 Å². The van der Waals surface area contributed by atoms with E-state index < -0.39 is 17.6 Å². The van der Waals surface area contributed by atoms with Crippen LogP contribution in [0.15, 0.2) is 18.2 Å². The van der Waals surface area contributed by atoms with Crippen LogP contribution in [-0.4, -0.2) is 49.5 Å². The lowest BCUT2D eigenvalue weighted by Gasteiger charge is -2.23. The first-order valence-corrected chi connectivity index (χ1v) is 9.47. The second-order valence-corrected chi connectivity index (χ2v) is 7.39. The molecule has 0 radical (unpaired) electrons. The van der Waals surface area contributed by atoms with Crippen LogP contribution in [0.4, 0.5) is 13.2 Å². The van der Waals surface area contributed by atoms with Crippen molar-refractivity contribution in [3.05, 3.63) is 40.6 Å². The molecule has 2 fully saturated rings. The van der Waals surface area contributed by atoms with Crippen LogP contribution in [0, 0.1) is 0 Å². The molecule has 1 aliphatic carbocycles. The lowest BCUT2D eigenvalue weighted by atomic mass is 9.98. The van der Waals surface area contributed by atoms with E-state index in [-0.39, 0.29) is 40.7 Å². The van der Waals surface area contributed by atoms with E-state index in [1.165, 1.54) is 6.07 Å². The molecule has 1 saturated heterocycles. The lowest BCUT2D eigenvalue weighted by Crippen LogP contribution is -2.48. The van der Waals surface area contributed by atoms with Gasteiger partial charge in [0.25, 0.3) is 5.91 Å². The minimum Gasteiger partial charge on any atom is -0.378 e. The molecule has 1 saturated carbocycles. The van der Waals surface area contributed by atoms with E-state index in [2.05, 4.69) is 15.6 Å². The highest BCUT2D eigenvalue weighted by molar-refractivity contribution is 6.03. The molecular formula is C20H20F3N3O3. The van der Waals surface area contributed by atoms with Crippen LogP contribution < -0.4 is 10.6 Å². The topological polar surface area (TPSA) is 80.3 Å². The number of rotatable bonds is 5. The summed E-state index contributed by atoms with van der Waals surface area (Å²) < 4.78 is 46.4. The Bertz CT molecular complexity index is 951. The summed E-state index contributed by atoms with van der Waals surface area (Å²) >= 11 is 0. The van der Waals surface area contributed by atoms with Gasteiger partial charge >= 0.3 is 6.18 Å². The van der Waals surface area contributed by atoms with Crippen molar-refractivity contribution in [1.29, 1.82) is 0 Å². The fourth-order valence-electron chi connectivity index (χ4n) is 3.51. The van der Waals surface area contributed by atoms with Crippen LogP contribution in [-0.2, 0) is 10.9 Å². The van der Waals surface area contributed by atoms with Crippen molar-refractivity contribution in [1.82, 2.24) is 15.6 Å². The third-order valence-electron chi connectivity index (χ3n) is 5.19. The van der Waals surface area contributed by atoms with Crippen molar-refractivity contribution in [2.45, 2.75) is 31.0 Å². The van der Waals surface area contributed by atoms with Gasteiger partial charge in [-0.3, -0.25) is 9.59 Å². The molecule has 2 heterocycles. The summed E-state index contributed by atoms with van der Waals surface area (Å²) in [5.74, 6) is -0.560. The third-order valence-corrected chi connectivity index (χ3v) is 5.19. The SMILES string of the molecule is O=Cc1cc(C(=O)NCC2COCCN2)nc2c(C(F)(F)F)cc(C3CC3)cc12. The first kappa shape index (κ1) is 19.8. The minimum absolute atomic E-state index is 0.0206. The van der Waals surface area contributed by atoms with E-state index in [9.17, 15) is 22.8 Å². The number of carbonyl (C=O) groups is 2. The second kappa shape index (κ2) is 7.72. The maximum atomic E-state index is 13.7. The van der Waals surface area contributed by atoms with Crippen molar-refractivity contribution < 1.29 is 27.5 Å². The van der Waals surface area contributed by atoms with Crippen LogP contribution in [0.5, 0.6) is 0 Å². The fourth-order valence-corrected chi connectivity index (χ4v) is 3.51. The van der Waals surface area contributed by atoms with Gasteiger partial charge in [-0.05, 0) is 42.5 Å². The summed E-state index contributed by atoms with van der Waals surface area (Å²) in [6.07, 6.45) is -2.53. The average molecular weight is 407 g/mol. The molecule has 1 atom stereocenters. The first-order chi connectivity index (χ1) is 13.9. The summed E-state index contributed by atoms with van der Waals surface area (Å²) in [6.45, 7) is 1.90. The van der Waals surface area contributed by atoms with Gasteiger partial charge in [-0.25, -0.2) is 4.98 Å². The lowest BCUT2D eigenvalue weighted by molar-refractivity contribution is -0.136. The van der Waals surface area contributed by atoms with Gasteiger partial charge in [0.1, 0.15) is 5.69 Å². The van der Waals surface area contributed by atoms with Gasteiger partial charge in [0.15, 0.2) is 6.29 Å². The van der Waals surface area contributed by atoms with Gasteiger partial charge < -0.3 is 15.4 Å². The monoisotopic (exact) mass is 407 g/mol. The number of benzene rings is 1. The second-order valence-electron chi connectivity index (χ2n) is 7.39. The Morgan fingerprint density at radius 2 is 2.10 bits per heavy atom. The maximum absolute atomic E-state index is 13.7. The molecule has 2 aliphatic rings. The van der Waals surface area contributed by atoms with Crippen molar-refractivity contribution in [2.24, 2.45) is 0 Å². The summed E-state index contributed by atoms with van der Waals surface area (Å²) in [4.78, 5) is 28.1. The van der Waals surface area contributed by atoms with E-state index in [1.54, 1.807) is 6.07 Å². The molecule has 1 aliphatic heterocycles. The Balaban J connectivity index is 1.70. The first-order valence-electron chi connectivity index (χ1n) is 9.47. The Morgan fingerprint density at radius 3 is 2.72 bits per heavy atom. The van der Waals surface area contributed by atoms with Gasteiger partial charge in [0.2, 0.25) is 0 Å². The zero-order valence-electron chi connectivity index (χ0n) is 15.5. The molecule has 29 heavy (non-hydrogen) atoms. The van der Waals surface area contributed by atoms with E-state index >= 15 is 0 Å². The van der Waals surface area contributed by atoms with Gasteiger partial charge in [-0.15, -0.1) is 0 Å². The van der Waals surface area contributed by atoms with E-state index in [0.29, 0.717) is 31.6 Å². The summed E-state index contributed by atoms with van der Waals surface area (Å²) in [5.41, 5.74) is -0.948. The molecular weight excluding hydrogens is 387 g/mol. The van der Waals surface area contributed by atoms with Crippen molar-refractivity contribution in [3.63, 3.8) is 0 Å². The highest BCUT2D eigenvalue weighted by Crippen LogP contribution is 2.44. The molecule has 154 valence electrons. The fraction of sp³-hybridized carbons (Fsp3) is 0.450. The zero-order valence-corrected chi connectivity index (χ0v) is 15.5. The number of hydrogen-bond donors (Lipinski definition) is 2. The number of nitrogens with zero attached hydrogens (tertiary/aromatic N) is 1. The number of alkyl halides is 3. The van der Waals surface area contributed by atoms with Crippen LogP contribution in [0.1, 0.15) is 50.7 Å². The number of hydrogen-bond acceptors (Lipinski definition) is 5. The molecule has 1 aromatic heterocycles.